The van der Waals surface area contributed by atoms with Crippen molar-refractivity contribution in [3.8, 4) is 0 Å². The fourth-order valence-corrected chi connectivity index (χ4v) is 2.71. The van der Waals surface area contributed by atoms with E-state index in [-0.39, 0.29) is 0 Å². The molecular weight excluding hydrogens is 112 g/mol. The van der Waals surface area contributed by atoms with Crippen molar-refractivity contribution in [3.63, 3.8) is 0 Å². The van der Waals surface area contributed by atoms with Gasteiger partial charge in [0.05, 0.1) is 0 Å². The van der Waals surface area contributed by atoms with Gasteiger partial charge in [0.25, 0.3) is 0 Å². The Kier molecular flexibility index (Phi) is 0.487. The molecule has 1 heteroatoms. The largest absolute Gasteiger partial charge is 0.299 e. The molecule has 48 valence electrons. The third-order valence-electron chi connectivity index (χ3n) is 3.53. The highest BCUT2D eigenvalue weighted by Gasteiger charge is 2.73. The second kappa shape index (κ2) is 0.979. The lowest BCUT2D eigenvalue weighted by molar-refractivity contribution is -0.121. The zero-order valence-corrected chi connectivity index (χ0v) is 5.39. The minimum Gasteiger partial charge on any atom is -0.299 e. The molecular formula is C8H10O. The summed E-state index contributed by atoms with van der Waals surface area (Å²) in [4.78, 5) is 11.1. The Morgan fingerprint density at radius 3 is 3.11 bits per heavy atom. The molecule has 0 amide bonds. The summed E-state index contributed by atoms with van der Waals surface area (Å²) >= 11 is 0. The van der Waals surface area contributed by atoms with E-state index in [1.165, 1.54) is 19.3 Å². The molecule has 3 atom stereocenters. The van der Waals surface area contributed by atoms with Crippen LogP contribution in [0, 0.1) is 17.3 Å². The lowest BCUT2D eigenvalue weighted by atomic mass is 10.00. The molecule has 3 saturated carbocycles. The van der Waals surface area contributed by atoms with Crippen LogP contribution in [0.25, 0.3) is 0 Å². The molecule has 3 aliphatic rings. The monoisotopic (exact) mass is 122 g/mol. The van der Waals surface area contributed by atoms with Crippen LogP contribution in [-0.4, -0.2) is 5.78 Å². The average Bonchev–Trinajstić information content (AvgIpc) is 2.64. The quantitative estimate of drug-likeness (QED) is 0.474. The van der Waals surface area contributed by atoms with E-state index in [2.05, 4.69) is 0 Å². The zero-order valence-electron chi connectivity index (χ0n) is 5.39. The Morgan fingerprint density at radius 1 is 1.44 bits per heavy atom. The summed E-state index contributed by atoms with van der Waals surface area (Å²) in [5.74, 6) is 2.11. The van der Waals surface area contributed by atoms with E-state index >= 15 is 0 Å². The average molecular weight is 122 g/mol. The van der Waals surface area contributed by atoms with E-state index in [0.717, 1.165) is 12.3 Å². The van der Waals surface area contributed by atoms with Gasteiger partial charge in [0.15, 0.2) is 0 Å². The zero-order chi connectivity index (χ0) is 6.06. The number of rotatable bonds is 0. The van der Waals surface area contributed by atoms with E-state index in [4.69, 9.17) is 0 Å². The highest BCUT2D eigenvalue weighted by atomic mass is 16.1. The van der Waals surface area contributed by atoms with Crippen LogP contribution >= 0.6 is 0 Å². The van der Waals surface area contributed by atoms with Crippen molar-refractivity contribution < 1.29 is 4.79 Å². The molecule has 0 aromatic rings. The SMILES string of the molecule is O=C1CC[C@H]2CC23C[C@H]13. The topological polar surface area (TPSA) is 17.1 Å². The number of hydrogen-bond acceptors (Lipinski definition) is 1. The standard InChI is InChI=1S/C8H10O/c9-7-2-1-5-3-8(5)4-6(7)8/h5-6H,1-4H2/t5-,6+,8?/m0/s1. The summed E-state index contributed by atoms with van der Waals surface area (Å²) in [5.41, 5.74) is 0.634. The van der Waals surface area contributed by atoms with Crippen LogP contribution in [0.1, 0.15) is 25.7 Å². The van der Waals surface area contributed by atoms with Crippen LogP contribution in [0.4, 0.5) is 0 Å². The van der Waals surface area contributed by atoms with Crippen LogP contribution in [0.3, 0.4) is 0 Å². The second-order valence-electron chi connectivity index (χ2n) is 3.90. The Balaban J connectivity index is 1.99. The minimum atomic E-state index is 0.552. The second-order valence-corrected chi connectivity index (χ2v) is 3.90. The summed E-state index contributed by atoms with van der Waals surface area (Å²) in [6, 6.07) is 0. The van der Waals surface area contributed by atoms with Gasteiger partial charge in [-0.05, 0) is 30.6 Å². The van der Waals surface area contributed by atoms with E-state index in [0.29, 0.717) is 17.1 Å². The van der Waals surface area contributed by atoms with Crippen molar-refractivity contribution in [1.82, 2.24) is 0 Å². The molecule has 0 aliphatic heterocycles. The first kappa shape index (κ1) is 4.48. The molecule has 1 nitrogen and oxygen atoms in total. The third-order valence-corrected chi connectivity index (χ3v) is 3.53. The molecule has 0 aromatic carbocycles. The minimum absolute atomic E-state index is 0.552. The Labute approximate surface area is 54.4 Å². The van der Waals surface area contributed by atoms with Gasteiger partial charge >= 0.3 is 0 Å². The van der Waals surface area contributed by atoms with Crippen molar-refractivity contribution in [2.75, 3.05) is 0 Å². The van der Waals surface area contributed by atoms with Crippen molar-refractivity contribution in [3.05, 3.63) is 0 Å². The van der Waals surface area contributed by atoms with E-state index in [9.17, 15) is 4.79 Å². The molecule has 9 heavy (non-hydrogen) atoms. The van der Waals surface area contributed by atoms with Crippen LogP contribution in [0.15, 0.2) is 0 Å². The molecule has 0 bridgehead atoms. The predicted molar refractivity (Wildman–Crippen MR) is 32.9 cm³/mol. The first-order valence-electron chi connectivity index (χ1n) is 3.86. The van der Waals surface area contributed by atoms with Crippen molar-refractivity contribution in [2.24, 2.45) is 17.3 Å². The van der Waals surface area contributed by atoms with Crippen molar-refractivity contribution in [1.29, 1.82) is 0 Å². The number of carbonyl (C=O) groups excluding carboxylic acids is 1. The maximum Gasteiger partial charge on any atom is 0.136 e. The third kappa shape index (κ3) is 0.347. The summed E-state index contributed by atoms with van der Waals surface area (Å²) in [7, 11) is 0. The van der Waals surface area contributed by atoms with Gasteiger partial charge in [-0.15, -0.1) is 0 Å². The van der Waals surface area contributed by atoms with E-state index in [1.54, 1.807) is 0 Å². The lowest BCUT2D eigenvalue weighted by Gasteiger charge is -2.04. The smallest absolute Gasteiger partial charge is 0.136 e. The first-order chi connectivity index (χ1) is 4.33. The summed E-state index contributed by atoms with van der Waals surface area (Å²) in [6.07, 6.45) is 4.77. The number of carbonyl (C=O) groups is 1. The molecule has 0 radical (unpaired) electrons. The highest BCUT2D eigenvalue weighted by Crippen LogP contribution is 2.78. The fourth-order valence-electron chi connectivity index (χ4n) is 2.71. The molecule has 1 spiro atoms. The van der Waals surface area contributed by atoms with E-state index < -0.39 is 0 Å². The number of hydrogen-bond donors (Lipinski definition) is 0. The van der Waals surface area contributed by atoms with Crippen LogP contribution in [0.5, 0.6) is 0 Å². The van der Waals surface area contributed by atoms with Gasteiger partial charge in [0.1, 0.15) is 5.78 Å². The predicted octanol–water partition coefficient (Wildman–Crippen LogP) is 1.38. The number of ketones is 1. The maximum atomic E-state index is 11.1. The fraction of sp³-hybridized carbons (Fsp3) is 0.875. The molecule has 3 aliphatic carbocycles. The summed E-state index contributed by atoms with van der Waals surface area (Å²) < 4.78 is 0. The van der Waals surface area contributed by atoms with Crippen molar-refractivity contribution in [2.45, 2.75) is 25.7 Å². The van der Waals surface area contributed by atoms with Gasteiger partial charge in [-0.2, -0.15) is 0 Å². The van der Waals surface area contributed by atoms with E-state index in [1.807, 2.05) is 0 Å². The molecule has 3 rings (SSSR count). The van der Waals surface area contributed by atoms with Crippen molar-refractivity contribution >= 4 is 5.78 Å². The van der Waals surface area contributed by atoms with Gasteiger partial charge in [-0.25, -0.2) is 0 Å². The molecule has 0 saturated heterocycles. The maximum absolute atomic E-state index is 11.1. The Morgan fingerprint density at radius 2 is 2.33 bits per heavy atom. The summed E-state index contributed by atoms with van der Waals surface area (Å²) in [5, 5.41) is 0. The molecule has 0 heterocycles. The van der Waals surface area contributed by atoms with Crippen LogP contribution in [-0.2, 0) is 4.79 Å². The van der Waals surface area contributed by atoms with Gasteiger partial charge in [-0.3, -0.25) is 4.79 Å². The van der Waals surface area contributed by atoms with Crippen LogP contribution < -0.4 is 0 Å². The number of Topliss-reactive ketones (excluding diaryl/α,β-unsaturated/α-hetero) is 1. The molecule has 3 fully saturated rings. The van der Waals surface area contributed by atoms with Gasteiger partial charge < -0.3 is 0 Å². The normalized spacial score (nSPS) is 60.2. The highest BCUT2D eigenvalue weighted by molar-refractivity contribution is 5.87. The Hall–Kier alpha value is -0.330. The molecule has 0 aromatic heterocycles. The molecule has 1 unspecified atom stereocenters. The van der Waals surface area contributed by atoms with Gasteiger partial charge in [0.2, 0.25) is 0 Å². The van der Waals surface area contributed by atoms with Gasteiger partial charge in [-0.1, -0.05) is 0 Å². The van der Waals surface area contributed by atoms with Gasteiger partial charge in [0, 0.05) is 12.3 Å². The first-order valence-corrected chi connectivity index (χ1v) is 3.86. The van der Waals surface area contributed by atoms with Crippen LogP contribution in [0.2, 0.25) is 0 Å². The summed E-state index contributed by atoms with van der Waals surface area (Å²) in [6.45, 7) is 0. The Bertz CT molecular complexity index is 197. The lowest BCUT2D eigenvalue weighted by Crippen LogP contribution is -2.08. The molecule has 0 N–H and O–H groups in total.